The fourth-order valence-corrected chi connectivity index (χ4v) is 3.29. The van der Waals surface area contributed by atoms with Gasteiger partial charge < -0.3 is 9.15 Å². The molecule has 0 saturated carbocycles. The number of nitriles is 1. The van der Waals surface area contributed by atoms with E-state index in [-0.39, 0.29) is 0 Å². The van der Waals surface area contributed by atoms with Gasteiger partial charge in [-0.2, -0.15) is 5.26 Å². The van der Waals surface area contributed by atoms with E-state index in [2.05, 4.69) is 42.0 Å². The molecule has 0 aliphatic carbocycles. The number of aromatic nitrogens is 2. The lowest BCUT2D eigenvalue weighted by Gasteiger charge is -2.29. The minimum atomic E-state index is 0.480. The van der Waals surface area contributed by atoms with Gasteiger partial charge in [0.2, 0.25) is 11.8 Å². The monoisotopic (exact) mass is 419 g/mol. The first kappa shape index (κ1) is 19.0. The zero-order valence-electron chi connectivity index (χ0n) is 14.6. The molecular weight excluding hydrogens is 398 g/mol. The summed E-state index contributed by atoms with van der Waals surface area (Å²) in [6.45, 7) is 6.53. The Morgan fingerprint density at radius 2 is 2.00 bits per heavy atom. The van der Waals surface area contributed by atoms with Crippen molar-refractivity contribution >= 4 is 15.9 Å². The minimum Gasteiger partial charge on any atom is -0.419 e. The zero-order chi connectivity index (χ0) is 18.2. The Hall–Kier alpha value is -1.79. The van der Waals surface area contributed by atoms with Crippen LogP contribution in [0.4, 0.5) is 0 Å². The smallest absolute Gasteiger partial charge is 0.248 e. The van der Waals surface area contributed by atoms with Crippen LogP contribution < -0.4 is 0 Å². The highest BCUT2D eigenvalue weighted by atomic mass is 79.9. The number of nitrogens with zero attached hydrogens (tertiary/aromatic N) is 5. The molecular formula is C18H22BrN5O2. The van der Waals surface area contributed by atoms with Gasteiger partial charge in [0, 0.05) is 43.6 Å². The largest absolute Gasteiger partial charge is 0.419 e. The van der Waals surface area contributed by atoms with E-state index in [1.54, 1.807) is 0 Å². The lowest BCUT2D eigenvalue weighted by atomic mass is 10.2. The van der Waals surface area contributed by atoms with Crippen molar-refractivity contribution in [2.75, 3.05) is 45.9 Å². The van der Waals surface area contributed by atoms with Crippen LogP contribution in [-0.2, 0) is 11.3 Å². The predicted octanol–water partition coefficient (Wildman–Crippen LogP) is 2.55. The quantitative estimate of drug-likeness (QED) is 0.650. The van der Waals surface area contributed by atoms with E-state index < -0.39 is 0 Å². The third-order valence-electron chi connectivity index (χ3n) is 4.31. The Morgan fingerprint density at radius 3 is 2.77 bits per heavy atom. The van der Waals surface area contributed by atoms with E-state index in [4.69, 9.17) is 14.4 Å². The second-order valence-electron chi connectivity index (χ2n) is 6.12. The van der Waals surface area contributed by atoms with Gasteiger partial charge in [0.25, 0.3) is 0 Å². The van der Waals surface area contributed by atoms with Gasteiger partial charge in [-0.1, -0.05) is 12.1 Å². The highest BCUT2D eigenvalue weighted by molar-refractivity contribution is 9.10. The molecule has 138 valence electrons. The topological polar surface area (TPSA) is 78.4 Å². The number of benzene rings is 1. The molecule has 7 nitrogen and oxygen atoms in total. The van der Waals surface area contributed by atoms with Crippen LogP contribution in [0, 0.1) is 11.3 Å². The van der Waals surface area contributed by atoms with Gasteiger partial charge in [-0.25, -0.2) is 0 Å². The van der Waals surface area contributed by atoms with Crippen molar-refractivity contribution in [2.24, 2.45) is 0 Å². The molecule has 1 aromatic heterocycles. The fourth-order valence-electron chi connectivity index (χ4n) is 2.84. The van der Waals surface area contributed by atoms with Crippen LogP contribution in [0.3, 0.4) is 0 Å². The summed E-state index contributed by atoms with van der Waals surface area (Å²) in [5.41, 5.74) is 0.878. The summed E-state index contributed by atoms with van der Waals surface area (Å²) in [7, 11) is 0. The van der Waals surface area contributed by atoms with Crippen molar-refractivity contribution in [2.45, 2.75) is 13.0 Å². The maximum Gasteiger partial charge on any atom is 0.248 e. The van der Waals surface area contributed by atoms with Crippen LogP contribution in [0.2, 0.25) is 0 Å². The van der Waals surface area contributed by atoms with E-state index in [1.165, 1.54) is 0 Å². The normalized spacial score (nSPS) is 15.3. The molecule has 2 aromatic rings. The molecule has 0 amide bonds. The Balaban J connectivity index is 1.61. The molecule has 26 heavy (non-hydrogen) atoms. The number of ether oxygens (including phenoxy) is 1. The molecule has 1 fully saturated rings. The van der Waals surface area contributed by atoms with Crippen molar-refractivity contribution in [3.8, 4) is 17.5 Å². The van der Waals surface area contributed by atoms with Crippen LogP contribution >= 0.6 is 15.9 Å². The van der Waals surface area contributed by atoms with Gasteiger partial charge in [-0.05, 0) is 28.1 Å². The van der Waals surface area contributed by atoms with Gasteiger partial charge in [0.05, 0.1) is 31.4 Å². The van der Waals surface area contributed by atoms with Crippen LogP contribution in [0.25, 0.3) is 11.5 Å². The summed E-state index contributed by atoms with van der Waals surface area (Å²) in [6.07, 6.45) is 0.480. The molecule has 1 aliphatic heterocycles. The second-order valence-corrected chi connectivity index (χ2v) is 6.97. The molecule has 0 bridgehead atoms. The maximum atomic E-state index is 8.92. The molecule has 3 rings (SSSR count). The number of morpholine rings is 1. The second kappa shape index (κ2) is 9.78. The summed E-state index contributed by atoms with van der Waals surface area (Å²) >= 11 is 3.51. The summed E-state index contributed by atoms with van der Waals surface area (Å²) in [5.74, 6) is 1.07. The maximum absolute atomic E-state index is 8.92. The zero-order valence-corrected chi connectivity index (χ0v) is 16.2. The first-order valence-electron chi connectivity index (χ1n) is 8.73. The van der Waals surface area contributed by atoms with Gasteiger partial charge in [-0.15, -0.1) is 10.2 Å². The Morgan fingerprint density at radius 1 is 1.19 bits per heavy atom. The highest BCUT2D eigenvalue weighted by Crippen LogP contribution is 2.26. The molecule has 0 unspecified atom stereocenters. The van der Waals surface area contributed by atoms with Crippen LogP contribution in [0.1, 0.15) is 12.3 Å². The van der Waals surface area contributed by atoms with Crippen LogP contribution in [0.5, 0.6) is 0 Å². The fraction of sp³-hybridized carbons (Fsp3) is 0.500. The molecule has 0 radical (unpaired) electrons. The van der Waals surface area contributed by atoms with Crippen molar-refractivity contribution in [3.63, 3.8) is 0 Å². The molecule has 1 aromatic carbocycles. The van der Waals surface area contributed by atoms with Crippen LogP contribution in [0.15, 0.2) is 33.2 Å². The van der Waals surface area contributed by atoms with Crippen molar-refractivity contribution in [3.05, 3.63) is 34.6 Å². The standard InChI is InChI=1S/C18H22BrN5O2/c19-16-5-2-1-4-15(16)18-22-21-17(26-18)14-24(7-3-6-20)9-8-23-10-12-25-13-11-23/h1-2,4-5H,3,7-14H2. The SMILES string of the molecule is N#CCCN(CCN1CCOCC1)Cc1nnc(-c2ccccc2Br)o1. The molecule has 0 atom stereocenters. The number of hydrogen-bond donors (Lipinski definition) is 0. The average Bonchev–Trinajstić information content (AvgIpc) is 3.13. The number of halogens is 1. The lowest BCUT2D eigenvalue weighted by molar-refractivity contribution is 0.0326. The summed E-state index contributed by atoms with van der Waals surface area (Å²) < 4.78 is 12.1. The Labute approximate surface area is 161 Å². The summed E-state index contributed by atoms with van der Waals surface area (Å²) in [4.78, 5) is 4.57. The van der Waals surface area contributed by atoms with E-state index in [0.717, 1.165) is 49.4 Å². The van der Waals surface area contributed by atoms with E-state index in [9.17, 15) is 0 Å². The van der Waals surface area contributed by atoms with Gasteiger partial charge in [0.1, 0.15) is 0 Å². The summed E-state index contributed by atoms with van der Waals surface area (Å²) in [5, 5.41) is 17.3. The average molecular weight is 420 g/mol. The van der Waals surface area contributed by atoms with Crippen LogP contribution in [-0.4, -0.2) is 65.9 Å². The molecule has 2 heterocycles. The lowest BCUT2D eigenvalue weighted by Crippen LogP contribution is -2.41. The van der Waals surface area contributed by atoms with Gasteiger partial charge >= 0.3 is 0 Å². The first-order valence-corrected chi connectivity index (χ1v) is 9.52. The van der Waals surface area contributed by atoms with E-state index in [1.807, 2.05) is 24.3 Å². The number of hydrogen-bond acceptors (Lipinski definition) is 7. The predicted molar refractivity (Wildman–Crippen MR) is 100 cm³/mol. The Kier molecular flexibility index (Phi) is 7.14. The molecule has 0 N–H and O–H groups in total. The van der Waals surface area contributed by atoms with Gasteiger partial charge in [0.15, 0.2) is 0 Å². The minimum absolute atomic E-state index is 0.480. The third-order valence-corrected chi connectivity index (χ3v) is 5.00. The molecule has 8 heteroatoms. The third kappa shape index (κ3) is 5.35. The first-order chi connectivity index (χ1) is 12.8. The molecule has 1 saturated heterocycles. The van der Waals surface area contributed by atoms with Crippen molar-refractivity contribution in [1.29, 1.82) is 5.26 Å². The van der Waals surface area contributed by atoms with Gasteiger partial charge in [-0.3, -0.25) is 9.80 Å². The van der Waals surface area contributed by atoms with E-state index in [0.29, 0.717) is 31.3 Å². The van der Waals surface area contributed by atoms with Crippen molar-refractivity contribution < 1.29 is 9.15 Å². The highest BCUT2D eigenvalue weighted by Gasteiger charge is 2.16. The number of rotatable bonds is 8. The molecule has 0 spiro atoms. The summed E-state index contributed by atoms with van der Waals surface area (Å²) in [6, 6.07) is 9.98. The van der Waals surface area contributed by atoms with Crippen molar-refractivity contribution in [1.82, 2.24) is 20.0 Å². The van der Waals surface area contributed by atoms with E-state index >= 15 is 0 Å². The molecule has 1 aliphatic rings. The Bertz CT molecular complexity index is 739.